The Morgan fingerprint density at radius 3 is 2.55 bits per heavy atom. The summed E-state index contributed by atoms with van der Waals surface area (Å²) >= 11 is 0. The van der Waals surface area contributed by atoms with Gasteiger partial charge in [0, 0.05) is 25.3 Å². The zero-order chi connectivity index (χ0) is 15.2. The van der Waals surface area contributed by atoms with Gasteiger partial charge in [-0.2, -0.15) is 0 Å². The highest BCUT2D eigenvalue weighted by molar-refractivity contribution is 5.40. The highest BCUT2D eigenvalue weighted by atomic mass is 15.2. The van der Waals surface area contributed by atoms with Crippen LogP contribution in [0.1, 0.15) is 69.9 Å². The summed E-state index contributed by atoms with van der Waals surface area (Å²) in [5, 5.41) is 0. The monoisotopic (exact) mass is 301 g/mol. The van der Waals surface area contributed by atoms with Gasteiger partial charge in [0.25, 0.3) is 0 Å². The highest BCUT2D eigenvalue weighted by Crippen LogP contribution is 2.32. The van der Waals surface area contributed by atoms with Gasteiger partial charge in [-0.3, -0.25) is 4.90 Å². The van der Waals surface area contributed by atoms with Crippen molar-refractivity contribution in [2.24, 2.45) is 0 Å². The maximum Gasteiger partial charge on any atom is 0.128 e. The van der Waals surface area contributed by atoms with Gasteiger partial charge in [-0.15, -0.1) is 0 Å². The summed E-state index contributed by atoms with van der Waals surface area (Å²) < 4.78 is 0. The molecule has 3 nitrogen and oxygen atoms in total. The standard InChI is InChI=1S/C19H31N3/c1-2-3-12-21-15-8-9-18(21)17-10-11-19(20-16-17)22-13-6-4-5-7-14-22/h10-11,16,18H,2-9,12-15H2,1H3/t18-/m1/s1. The Kier molecular flexibility index (Phi) is 5.71. The SMILES string of the molecule is CCCCN1CCC[C@@H]1c1ccc(N2CCCCCC2)nc1. The minimum Gasteiger partial charge on any atom is -0.357 e. The summed E-state index contributed by atoms with van der Waals surface area (Å²) in [7, 11) is 0. The Hall–Kier alpha value is -1.09. The number of aromatic nitrogens is 1. The lowest BCUT2D eigenvalue weighted by Crippen LogP contribution is -2.26. The van der Waals surface area contributed by atoms with Gasteiger partial charge in [-0.25, -0.2) is 4.98 Å². The van der Waals surface area contributed by atoms with Crippen LogP contribution in [0.15, 0.2) is 18.3 Å². The van der Waals surface area contributed by atoms with Gasteiger partial charge in [0.2, 0.25) is 0 Å². The lowest BCUT2D eigenvalue weighted by atomic mass is 10.1. The molecule has 1 atom stereocenters. The summed E-state index contributed by atoms with van der Waals surface area (Å²) in [5.74, 6) is 1.18. The third-order valence-electron chi connectivity index (χ3n) is 5.25. The van der Waals surface area contributed by atoms with Crippen LogP contribution < -0.4 is 4.90 Å². The molecule has 122 valence electrons. The molecular formula is C19H31N3. The predicted molar refractivity (Wildman–Crippen MR) is 93.4 cm³/mol. The van der Waals surface area contributed by atoms with Crippen molar-refractivity contribution in [3.63, 3.8) is 0 Å². The van der Waals surface area contributed by atoms with Crippen molar-refractivity contribution >= 4 is 5.82 Å². The van der Waals surface area contributed by atoms with Crippen LogP contribution in [0.25, 0.3) is 0 Å². The second-order valence-corrected chi connectivity index (χ2v) is 6.90. The number of hydrogen-bond donors (Lipinski definition) is 0. The molecule has 2 aliphatic rings. The van der Waals surface area contributed by atoms with E-state index in [-0.39, 0.29) is 0 Å². The van der Waals surface area contributed by atoms with Gasteiger partial charge in [-0.1, -0.05) is 32.3 Å². The van der Waals surface area contributed by atoms with Crippen molar-refractivity contribution in [3.8, 4) is 0 Å². The van der Waals surface area contributed by atoms with Crippen molar-refractivity contribution in [3.05, 3.63) is 23.9 Å². The molecule has 3 heteroatoms. The molecule has 2 aliphatic heterocycles. The molecule has 0 N–H and O–H groups in total. The molecule has 2 saturated heterocycles. The van der Waals surface area contributed by atoms with Crippen LogP contribution in [-0.4, -0.2) is 36.1 Å². The van der Waals surface area contributed by atoms with E-state index in [9.17, 15) is 0 Å². The van der Waals surface area contributed by atoms with E-state index in [0.717, 1.165) is 0 Å². The summed E-state index contributed by atoms with van der Waals surface area (Å²) in [6, 6.07) is 5.20. The Bertz CT molecular complexity index is 434. The van der Waals surface area contributed by atoms with Gasteiger partial charge in [0.15, 0.2) is 0 Å². The number of nitrogens with zero attached hydrogens (tertiary/aromatic N) is 3. The second-order valence-electron chi connectivity index (χ2n) is 6.90. The first-order valence-electron chi connectivity index (χ1n) is 9.33. The molecule has 3 heterocycles. The first kappa shape index (κ1) is 15.8. The molecule has 3 rings (SSSR count). The minimum atomic E-state index is 0.609. The van der Waals surface area contributed by atoms with E-state index in [1.165, 1.54) is 88.9 Å². The highest BCUT2D eigenvalue weighted by Gasteiger charge is 2.25. The lowest BCUT2D eigenvalue weighted by Gasteiger charge is -2.26. The number of hydrogen-bond acceptors (Lipinski definition) is 3. The van der Waals surface area contributed by atoms with Crippen LogP contribution >= 0.6 is 0 Å². The molecule has 0 radical (unpaired) electrons. The summed E-state index contributed by atoms with van der Waals surface area (Å²) in [6.07, 6.45) is 12.8. The van der Waals surface area contributed by atoms with Crippen LogP contribution in [0.4, 0.5) is 5.82 Å². The zero-order valence-electron chi connectivity index (χ0n) is 14.1. The average molecular weight is 301 g/mol. The third-order valence-corrected chi connectivity index (χ3v) is 5.25. The molecule has 0 aliphatic carbocycles. The van der Waals surface area contributed by atoms with E-state index in [4.69, 9.17) is 4.98 Å². The number of rotatable bonds is 5. The Morgan fingerprint density at radius 2 is 1.86 bits per heavy atom. The van der Waals surface area contributed by atoms with Gasteiger partial charge in [0.05, 0.1) is 0 Å². The van der Waals surface area contributed by atoms with E-state index in [2.05, 4.69) is 35.1 Å². The van der Waals surface area contributed by atoms with Gasteiger partial charge in [-0.05, 0) is 56.8 Å². The molecule has 2 fully saturated rings. The maximum absolute atomic E-state index is 4.80. The summed E-state index contributed by atoms with van der Waals surface area (Å²) in [5.41, 5.74) is 1.42. The molecule has 22 heavy (non-hydrogen) atoms. The predicted octanol–water partition coefficient (Wildman–Crippen LogP) is 4.40. The largest absolute Gasteiger partial charge is 0.357 e. The summed E-state index contributed by atoms with van der Waals surface area (Å²) in [6.45, 7) is 7.15. The Balaban J connectivity index is 1.65. The number of likely N-dealkylation sites (tertiary alicyclic amines) is 1. The fourth-order valence-corrected chi connectivity index (χ4v) is 3.91. The lowest BCUT2D eigenvalue weighted by molar-refractivity contribution is 0.253. The molecule has 0 bridgehead atoms. The first-order chi connectivity index (χ1) is 10.9. The fourth-order valence-electron chi connectivity index (χ4n) is 3.91. The fraction of sp³-hybridized carbons (Fsp3) is 0.737. The van der Waals surface area contributed by atoms with Gasteiger partial charge >= 0.3 is 0 Å². The van der Waals surface area contributed by atoms with E-state index >= 15 is 0 Å². The average Bonchev–Trinajstić information content (AvgIpc) is 2.85. The van der Waals surface area contributed by atoms with Crippen LogP contribution in [0.2, 0.25) is 0 Å². The van der Waals surface area contributed by atoms with E-state index in [1.807, 2.05) is 0 Å². The first-order valence-corrected chi connectivity index (χ1v) is 9.33. The minimum absolute atomic E-state index is 0.609. The topological polar surface area (TPSA) is 19.4 Å². The van der Waals surface area contributed by atoms with Crippen molar-refractivity contribution in [1.82, 2.24) is 9.88 Å². The van der Waals surface area contributed by atoms with Crippen LogP contribution in [0.3, 0.4) is 0 Å². The van der Waals surface area contributed by atoms with Crippen LogP contribution in [0, 0.1) is 0 Å². The van der Waals surface area contributed by atoms with Crippen LogP contribution in [0.5, 0.6) is 0 Å². The number of anilines is 1. The van der Waals surface area contributed by atoms with Crippen LogP contribution in [-0.2, 0) is 0 Å². The van der Waals surface area contributed by atoms with Crippen molar-refractivity contribution in [1.29, 1.82) is 0 Å². The summed E-state index contributed by atoms with van der Waals surface area (Å²) in [4.78, 5) is 9.93. The molecule has 0 spiro atoms. The third kappa shape index (κ3) is 3.81. The van der Waals surface area contributed by atoms with Gasteiger partial charge in [0.1, 0.15) is 5.82 Å². The smallest absolute Gasteiger partial charge is 0.128 e. The molecule has 0 unspecified atom stereocenters. The van der Waals surface area contributed by atoms with Crippen molar-refractivity contribution in [2.45, 2.75) is 64.3 Å². The van der Waals surface area contributed by atoms with Crippen molar-refractivity contribution < 1.29 is 0 Å². The Morgan fingerprint density at radius 1 is 1.05 bits per heavy atom. The normalized spacial score (nSPS) is 23.7. The number of pyridine rings is 1. The zero-order valence-corrected chi connectivity index (χ0v) is 14.1. The van der Waals surface area contributed by atoms with E-state index in [0.29, 0.717) is 6.04 Å². The van der Waals surface area contributed by atoms with E-state index < -0.39 is 0 Å². The molecular weight excluding hydrogens is 270 g/mol. The Labute approximate surface area is 135 Å². The number of unbranched alkanes of at least 4 members (excludes halogenated alkanes) is 1. The van der Waals surface area contributed by atoms with Crippen molar-refractivity contribution in [2.75, 3.05) is 31.1 Å². The molecule has 1 aromatic rings. The van der Waals surface area contributed by atoms with Gasteiger partial charge < -0.3 is 4.90 Å². The second kappa shape index (κ2) is 7.96. The molecule has 0 aromatic carbocycles. The maximum atomic E-state index is 4.80. The molecule has 0 saturated carbocycles. The molecule has 1 aromatic heterocycles. The van der Waals surface area contributed by atoms with E-state index in [1.54, 1.807) is 0 Å². The quantitative estimate of drug-likeness (QED) is 0.803. The molecule has 0 amide bonds.